The molecule has 0 radical (unpaired) electrons. The minimum atomic E-state index is -0.429. The van der Waals surface area contributed by atoms with Gasteiger partial charge in [-0.3, -0.25) is 0 Å². The number of ether oxygens (including phenoxy) is 1. The summed E-state index contributed by atoms with van der Waals surface area (Å²) < 4.78 is 5.25. The average molecular weight is 256 g/mol. The van der Waals surface area contributed by atoms with Crippen LogP contribution in [0.2, 0.25) is 0 Å². The Morgan fingerprint density at radius 3 is 2.44 bits per heavy atom. The van der Waals surface area contributed by atoms with Crippen LogP contribution in [-0.2, 0) is 4.74 Å². The van der Waals surface area contributed by atoms with E-state index < -0.39 is 5.60 Å². The van der Waals surface area contributed by atoms with E-state index in [0.29, 0.717) is 6.04 Å². The van der Waals surface area contributed by atoms with E-state index in [1.54, 1.807) is 0 Å². The molecule has 106 valence electrons. The van der Waals surface area contributed by atoms with Gasteiger partial charge in [0.25, 0.3) is 0 Å². The maximum Gasteiger partial charge on any atom is 0.407 e. The third-order valence-electron chi connectivity index (χ3n) is 3.27. The maximum absolute atomic E-state index is 11.6. The summed E-state index contributed by atoms with van der Waals surface area (Å²) >= 11 is 0. The van der Waals surface area contributed by atoms with Gasteiger partial charge in [-0.15, -0.1) is 0 Å². The topological polar surface area (TPSA) is 41.6 Å². The Labute approximate surface area is 111 Å². The van der Waals surface area contributed by atoms with E-state index in [4.69, 9.17) is 4.74 Å². The molecule has 0 unspecified atom stereocenters. The summed E-state index contributed by atoms with van der Waals surface area (Å²) in [5.41, 5.74) is -0.429. The van der Waals surface area contributed by atoms with Crippen LogP contribution in [0.3, 0.4) is 0 Å². The summed E-state index contributed by atoms with van der Waals surface area (Å²) in [5, 5.41) is 2.89. The highest BCUT2D eigenvalue weighted by Crippen LogP contribution is 2.22. The van der Waals surface area contributed by atoms with Gasteiger partial charge in [0.15, 0.2) is 0 Å². The number of hydrogen-bond acceptors (Lipinski definition) is 3. The SMILES string of the molecule is C[C@@H](CN(C)C1CCCC1)NC(=O)OC(C)(C)C. The number of likely N-dealkylation sites (N-methyl/N-ethyl adjacent to an activating group) is 1. The Bertz CT molecular complexity index is 267. The molecule has 4 nitrogen and oxygen atoms in total. The van der Waals surface area contributed by atoms with Crippen molar-refractivity contribution in [3.63, 3.8) is 0 Å². The van der Waals surface area contributed by atoms with E-state index in [0.717, 1.165) is 6.54 Å². The van der Waals surface area contributed by atoms with Gasteiger partial charge in [0, 0.05) is 18.6 Å². The van der Waals surface area contributed by atoms with Crippen molar-refractivity contribution in [1.82, 2.24) is 10.2 Å². The predicted molar refractivity (Wildman–Crippen MR) is 73.7 cm³/mol. The molecule has 0 aromatic heterocycles. The highest BCUT2D eigenvalue weighted by Gasteiger charge is 2.22. The van der Waals surface area contributed by atoms with E-state index in [2.05, 4.69) is 17.3 Å². The standard InChI is InChI=1S/C14H28N2O2/c1-11(15-13(17)18-14(2,3)4)10-16(5)12-8-6-7-9-12/h11-12H,6-10H2,1-5H3,(H,15,17)/t11-/m0/s1. The van der Waals surface area contributed by atoms with Crippen molar-refractivity contribution in [2.45, 2.75) is 71.1 Å². The number of carbonyl (C=O) groups is 1. The van der Waals surface area contributed by atoms with Crippen LogP contribution in [0.25, 0.3) is 0 Å². The zero-order valence-electron chi connectivity index (χ0n) is 12.5. The highest BCUT2D eigenvalue weighted by atomic mass is 16.6. The van der Waals surface area contributed by atoms with Gasteiger partial charge >= 0.3 is 6.09 Å². The highest BCUT2D eigenvalue weighted by molar-refractivity contribution is 5.68. The van der Waals surface area contributed by atoms with Crippen LogP contribution in [0.4, 0.5) is 4.79 Å². The molecule has 0 saturated heterocycles. The van der Waals surface area contributed by atoms with Crippen LogP contribution in [0, 0.1) is 0 Å². The van der Waals surface area contributed by atoms with Crippen LogP contribution < -0.4 is 5.32 Å². The second-order valence-corrected chi connectivity index (χ2v) is 6.43. The molecule has 1 N–H and O–H groups in total. The normalized spacial score (nSPS) is 19.0. The second-order valence-electron chi connectivity index (χ2n) is 6.43. The monoisotopic (exact) mass is 256 g/mol. The van der Waals surface area contributed by atoms with Gasteiger partial charge in [-0.25, -0.2) is 4.79 Å². The minimum absolute atomic E-state index is 0.116. The van der Waals surface area contributed by atoms with Crippen LogP contribution >= 0.6 is 0 Å². The van der Waals surface area contributed by atoms with E-state index in [1.807, 2.05) is 27.7 Å². The number of amides is 1. The van der Waals surface area contributed by atoms with Crippen LogP contribution in [0.5, 0.6) is 0 Å². The molecule has 1 rings (SSSR count). The summed E-state index contributed by atoms with van der Waals surface area (Å²) in [5.74, 6) is 0. The first-order chi connectivity index (χ1) is 8.28. The van der Waals surface area contributed by atoms with Crippen LogP contribution in [0.15, 0.2) is 0 Å². The quantitative estimate of drug-likeness (QED) is 0.841. The third-order valence-corrected chi connectivity index (χ3v) is 3.27. The van der Waals surface area contributed by atoms with Crippen molar-refractivity contribution in [3.05, 3.63) is 0 Å². The van der Waals surface area contributed by atoms with Gasteiger partial charge in [0.2, 0.25) is 0 Å². The molecule has 1 aliphatic rings. The fraction of sp³-hybridized carbons (Fsp3) is 0.929. The van der Waals surface area contributed by atoms with Crippen LogP contribution in [-0.4, -0.2) is 42.3 Å². The molecule has 1 amide bonds. The molecule has 4 heteroatoms. The molecule has 18 heavy (non-hydrogen) atoms. The fourth-order valence-electron chi connectivity index (χ4n) is 2.48. The molecular weight excluding hydrogens is 228 g/mol. The molecule has 1 aliphatic carbocycles. The lowest BCUT2D eigenvalue weighted by Crippen LogP contribution is -2.45. The molecular formula is C14H28N2O2. The smallest absolute Gasteiger partial charge is 0.407 e. The lowest BCUT2D eigenvalue weighted by atomic mass is 10.2. The fourth-order valence-corrected chi connectivity index (χ4v) is 2.48. The minimum Gasteiger partial charge on any atom is -0.444 e. The predicted octanol–water partition coefficient (Wildman–Crippen LogP) is 2.77. The molecule has 0 spiro atoms. The Hall–Kier alpha value is -0.770. The Morgan fingerprint density at radius 1 is 1.39 bits per heavy atom. The van der Waals surface area contributed by atoms with E-state index >= 15 is 0 Å². The van der Waals surface area contributed by atoms with E-state index in [9.17, 15) is 4.79 Å². The summed E-state index contributed by atoms with van der Waals surface area (Å²) in [6.45, 7) is 8.53. The molecule has 0 aromatic rings. The van der Waals surface area contributed by atoms with Crippen molar-refractivity contribution >= 4 is 6.09 Å². The zero-order chi connectivity index (χ0) is 13.8. The van der Waals surface area contributed by atoms with Gasteiger partial charge in [0.1, 0.15) is 5.60 Å². The second kappa shape index (κ2) is 6.41. The van der Waals surface area contributed by atoms with Gasteiger partial charge in [0.05, 0.1) is 0 Å². The first-order valence-corrected chi connectivity index (χ1v) is 6.97. The van der Waals surface area contributed by atoms with Gasteiger partial charge in [-0.1, -0.05) is 12.8 Å². The molecule has 0 aliphatic heterocycles. The third kappa shape index (κ3) is 5.71. The van der Waals surface area contributed by atoms with E-state index in [1.165, 1.54) is 25.7 Å². The van der Waals surface area contributed by atoms with Crippen LogP contribution in [0.1, 0.15) is 53.4 Å². The van der Waals surface area contributed by atoms with Crippen molar-refractivity contribution < 1.29 is 9.53 Å². The van der Waals surface area contributed by atoms with Crippen molar-refractivity contribution in [3.8, 4) is 0 Å². The summed E-state index contributed by atoms with van der Waals surface area (Å²) in [6.07, 6.45) is 4.92. The number of nitrogens with zero attached hydrogens (tertiary/aromatic N) is 1. The maximum atomic E-state index is 11.6. The number of alkyl carbamates (subject to hydrolysis) is 1. The first-order valence-electron chi connectivity index (χ1n) is 6.97. The lowest BCUT2D eigenvalue weighted by Gasteiger charge is -2.28. The number of hydrogen-bond donors (Lipinski definition) is 1. The Balaban J connectivity index is 2.27. The largest absolute Gasteiger partial charge is 0.444 e. The van der Waals surface area contributed by atoms with Gasteiger partial charge in [-0.05, 0) is 47.6 Å². The number of nitrogens with one attached hydrogen (secondary N) is 1. The molecule has 1 atom stereocenters. The number of carbonyl (C=O) groups excluding carboxylic acids is 1. The van der Waals surface area contributed by atoms with Gasteiger partial charge in [-0.2, -0.15) is 0 Å². The van der Waals surface area contributed by atoms with Crippen molar-refractivity contribution in [2.75, 3.05) is 13.6 Å². The molecule has 0 aromatic carbocycles. The first kappa shape index (κ1) is 15.3. The molecule has 0 bridgehead atoms. The van der Waals surface area contributed by atoms with Crippen molar-refractivity contribution in [1.29, 1.82) is 0 Å². The molecule has 1 saturated carbocycles. The number of rotatable bonds is 4. The molecule has 0 heterocycles. The summed E-state index contributed by atoms with van der Waals surface area (Å²) in [6, 6.07) is 0.804. The van der Waals surface area contributed by atoms with E-state index in [-0.39, 0.29) is 12.1 Å². The van der Waals surface area contributed by atoms with Gasteiger partial charge < -0.3 is 15.0 Å². The Kier molecular flexibility index (Phi) is 5.45. The lowest BCUT2D eigenvalue weighted by molar-refractivity contribution is 0.0495. The summed E-state index contributed by atoms with van der Waals surface area (Å²) in [7, 11) is 2.14. The zero-order valence-corrected chi connectivity index (χ0v) is 12.5. The summed E-state index contributed by atoms with van der Waals surface area (Å²) in [4.78, 5) is 14.0. The van der Waals surface area contributed by atoms with Crippen molar-refractivity contribution in [2.24, 2.45) is 0 Å². The molecule has 1 fully saturated rings. The average Bonchev–Trinajstić information content (AvgIpc) is 2.65. The Morgan fingerprint density at radius 2 is 1.94 bits per heavy atom.